The van der Waals surface area contributed by atoms with Crippen molar-refractivity contribution in [1.29, 1.82) is 0 Å². The maximum Gasteiger partial charge on any atom is 0.385 e. The molecule has 0 saturated carbocycles. The van der Waals surface area contributed by atoms with Crippen molar-refractivity contribution >= 4 is 13.6 Å². The monoisotopic (exact) mass is 636 g/mol. The summed E-state index contributed by atoms with van der Waals surface area (Å²) in [5.74, 6) is -1.19. The second kappa shape index (κ2) is 26.4. The fraction of sp³-hybridized carbons (Fsp3) is 0.909. The molecule has 256 valence electrons. The van der Waals surface area contributed by atoms with Gasteiger partial charge in [-0.15, -0.1) is 0 Å². The highest BCUT2D eigenvalue weighted by Gasteiger charge is 2.43. The summed E-state index contributed by atoms with van der Waals surface area (Å²) in [6.45, 7) is 3.55. The van der Waals surface area contributed by atoms with E-state index >= 15 is 0 Å². The highest BCUT2D eigenvalue weighted by molar-refractivity contribution is 7.53. The molecule has 3 atom stereocenters. The summed E-state index contributed by atoms with van der Waals surface area (Å²) in [6.07, 6.45) is 23.7. The molecule has 0 heterocycles. The second-order valence-electron chi connectivity index (χ2n) is 12.6. The van der Waals surface area contributed by atoms with E-state index < -0.39 is 38.3 Å². The van der Waals surface area contributed by atoms with Crippen molar-refractivity contribution in [2.24, 2.45) is 0 Å². The summed E-state index contributed by atoms with van der Waals surface area (Å²) >= 11 is 0. The highest BCUT2D eigenvalue weighted by atomic mass is 31.2. The van der Waals surface area contributed by atoms with E-state index in [2.05, 4.69) is 19.1 Å². The number of aliphatic hydroxyl groups is 3. The number of carbonyl (C=O) groups is 1. The van der Waals surface area contributed by atoms with Crippen molar-refractivity contribution in [3.8, 4) is 0 Å². The molecule has 0 rings (SSSR count). The average molecular weight is 637 g/mol. The molecule has 0 saturated heterocycles. The van der Waals surface area contributed by atoms with Crippen LogP contribution in [-0.2, 0) is 18.6 Å². The van der Waals surface area contributed by atoms with E-state index in [1.54, 1.807) is 21.0 Å². The minimum Gasteiger partial charge on any atom is -0.463 e. The third-order valence-corrected chi connectivity index (χ3v) is 10.3. The number of ether oxygens (including phenoxy) is 1. The van der Waals surface area contributed by atoms with Crippen LogP contribution >= 0.6 is 7.60 Å². The Bertz CT molecular complexity index is 746. The van der Waals surface area contributed by atoms with E-state index in [4.69, 9.17) is 19.5 Å². The van der Waals surface area contributed by atoms with Gasteiger partial charge in [-0.1, -0.05) is 103 Å². The maximum absolute atomic E-state index is 12.8. The van der Waals surface area contributed by atoms with Gasteiger partial charge in [-0.2, -0.15) is 0 Å². The molecule has 43 heavy (non-hydrogen) atoms. The lowest BCUT2D eigenvalue weighted by molar-refractivity contribution is -0.903. The molecule has 0 aromatic rings. The van der Waals surface area contributed by atoms with Crippen molar-refractivity contribution in [2.45, 2.75) is 160 Å². The van der Waals surface area contributed by atoms with E-state index in [1.165, 1.54) is 77.0 Å². The van der Waals surface area contributed by atoms with Crippen molar-refractivity contribution in [3.63, 3.8) is 0 Å². The first kappa shape index (κ1) is 42.2. The lowest BCUT2D eigenvalue weighted by atomic mass is 10.1. The van der Waals surface area contributed by atoms with Crippen molar-refractivity contribution in [3.05, 3.63) is 12.2 Å². The SMILES string of the molecule is CCCCCCCCCCC/C=C\CCCCCCCCC(=O)OC[C@@H](O)COP(=O)(O)C(CC)[N+](C)(C)CCC(O)O. The fourth-order valence-corrected chi connectivity index (χ4v) is 7.28. The first-order valence-corrected chi connectivity index (χ1v) is 18.7. The van der Waals surface area contributed by atoms with Gasteiger partial charge in [0.1, 0.15) is 12.7 Å². The van der Waals surface area contributed by atoms with Gasteiger partial charge in [0.25, 0.3) is 0 Å². The third-order valence-electron chi connectivity index (χ3n) is 8.04. The summed E-state index contributed by atoms with van der Waals surface area (Å²) < 4.78 is 23.2. The van der Waals surface area contributed by atoms with Gasteiger partial charge in [0, 0.05) is 19.3 Å². The molecule has 4 N–H and O–H groups in total. The van der Waals surface area contributed by atoms with Crippen molar-refractivity contribution in [1.82, 2.24) is 0 Å². The Balaban J connectivity index is 3.81. The number of allylic oxidation sites excluding steroid dienone is 2. The Morgan fingerprint density at radius 3 is 1.74 bits per heavy atom. The molecule has 9 nitrogen and oxygen atoms in total. The number of hydrogen-bond acceptors (Lipinski definition) is 7. The average Bonchev–Trinajstić information content (AvgIpc) is 2.95. The molecular formula is C33H67NO8P+. The summed E-state index contributed by atoms with van der Waals surface area (Å²) in [6, 6.07) is 0. The van der Waals surface area contributed by atoms with E-state index in [0.29, 0.717) is 6.42 Å². The van der Waals surface area contributed by atoms with Gasteiger partial charge < -0.3 is 34.0 Å². The topological polar surface area (TPSA) is 134 Å². The lowest BCUT2D eigenvalue weighted by Gasteiger charge is -2.39. The number of rotatable bonds is 30. The van der Waals surface area contributed by atoms with Gasteiger partial charge >= 0.3 is 13.6 Å². The van der Waals surface area contributed by atoms with Crippen molar-refractivity contribution in [2.75, 3.05) is 33.9 Å². The number of esters is 1. The number of carbonyl (C=O) groups excluding carboxylic acids is 1. The molecule has 0 fully saturated rings. The van der Waals surface area contributed by atoms with Gasteiger partial charge in [-0.3, -0.25) is 9.36 Å². The number of quaternary nitrogens is 1. The Kier molecular flexibility index (Phi) is 25.9. The molecule has 0 bridgehead atoms. The second-order valence-corrected chi connectivity index (χ2v) is 14.6. The van der Waals surface area contributed by atoms with Crippen LogP contribution in [0, 0.1) is 0 Å². The Hall–Kier alpha value is -0.800. The zero-order valence-electron chi connectivity index (χ0n) is 28.0. The van der Waals surface area contributed by atoms with Crippen LogP contribution in [0.5, 0.6) is 0 Å². The highest BCUT2D eigenvalue weighted by Crippen LogP contribution is 2.52. The van der Waals surface area contributed by atoms with Gasteiger partial charge in [-0.05, 0) is 32.1 Å². The predicted octanol–water partition coefficient (Wildman–Crippen LogP) is 7.20. The predicted molar refractivity (Wildman–Crippen MR) is 175 cm³/mol. The van der Waals surface area contributed by atoms with Gasteiger partial charge in [-0.25, -0.2) is 0 Å². The summed E-state index contributed by atoms with van der Waals surface area (Å²) in [5, 5.41) is 28.4. The molecule has 0 aliphatic heterocycles. The van der Waals surface area contributed by atoms with Crippen LogP contribution in [0.1, 0.15) is 142 Å². The molecule has 0 aliphatic rings. The smallest absolute Gasteiger partial charge is 0.385 e. The standard InChI is InChI=1S/C33H66NO8P/c1-5-7-8-9-10-11-12-13-14-15-16-17-18-19-20-21-22-23-24-25-33(38)41-28-30(35)29-42-43(39,40)31(6-2)34(3,4)27-26-32(36)37/h16-17,30-32,35-37H,5-15,18-29H2,1-4H3/p+1/b17-16-/t30-,31?/m1/s1. The summed E-state index contributed by atoms with van der Waals surface area (Å²) in [7, 11) is -0.689. The minimum absolute atomic E-state index is 0.0547. The Labute approximate surface area is 263 Å². The van der Waals surface area contributed by atoms with Gasteiger partial charge in [0.2, 0.25) is 0 Å². The molecule has 0 aliphatic carbocycles. The van der Waals surface area contributed by atoms with Crippen LogP contribution in [-0.4, -0.2) is 82.7 Å². The number of hydrogen-bond donors (Lipinski definition) is 4. The van der Waals surface area contributed by atoms with Crippen LogP contribution in [0.15, 0.2) is 12.2 Å². The van der Waals surface area contributed by atoms with E-state index in [9.17, 15) is 19.4 Å². The normalized spacial score (nSPS) is 15.2. The number of nitrogens with zero attached hydrogens (tertiary/aromatic N) is 1. The Morgan fingerprint density at radius 2 is 1.26 bits per heavy atom. The quantitative estimate of drug-likeness (QED) is 0.0162. The minimum atomic E-state index is -4.13. The summed E-state index contributed by atoms with van der Waals surface area (Å²) in [4.78, 5) is 22.5. The fourth-order valence-electron chi connectivity index (χ4n) is 5.35. The zero-order chi connectivity index (χ0) is 32.4. The van der Waals surface area contributed by atoms with Crippen LogP contribution < -0.4 is 0 Å². The van der Waals surface area contributed by atoms with E-state index in [0.717, 1.165) is 32.1 Å². The van der Waals surface area contributed by atoms with Gasteiger partial charge in [0.05, 0.1) is 27.2 Å². The van der Waals surface area contributed by atoms with Crippen LogP contribution in [0.2, 0.25) is 0 Å². The number of unbranched alkanes of at least 4 members (excludes halogenated alkanes) is 15. The van der Waals surface area contributed by atoms with Gasteiger partial charge in [0.15, 0.2) is 12.1 Å². The lowest BCUT2D eigenvalue weighted by Crippen LogP contribution is -2.50. The molecule has 0 aromatic heterocycles. The molecule has 0 spiro atoms. The van der Waals surface area contributed by atoms with E-state index in [1.807, 2.05) is 0 Å². The molecule has 2 unspecified atom stereocenters. The molecule has 0 amide bonds. The van der Waals surface area contributed by atoms with Crippen molar-refractivity contribution < 1.29 is 43.3 Å². The first-order valence-electron chi connectivity index (χ1n) is 17.1. The third kappa shape index (κ3) is 24.2. The molecular weight excluding hydrogens is 569 g/mol. The van der Waals surface area contributed by atoms with Crippen LogP contribution in [0.3, 0.4) is 0 Å². The Morgan fingerprint density at radius 1 is 0.767 bits per heavy atom. The number of aliphatic hydroxyl groups excluding tert-OH is 2. The summed E-state index contributed by atoms with van der Waals surface area (Å²) in [5.41, 5.74) is 0. The maximum atomic E-state index is 12.8. The molecule has 10 heteroatoms. The van der Waals surface area contributed by atoms with E-state index in [-0.39, 0.29) is 30.5 Å². The van der Waals surface area contributed by atoms with Crippen LogP contribution in [0.25, 0.3) is 0 Å². The molecule has 0 radical (unpaired) electrons. The molecule has 0 aromatic carbocycles. The first-order chi connectivity index (χ1) is 20.5. The zero-order valence-corrected chi connectivity index (χ0v) is 28.9. The largest absolute Gasteiger partial charge is 0.463 e. The van der Waals surface area contributed by atoms with Crippen LogP contribution in [0.4, 0.5) is 0 Å².